The molecule has 0 heterocycles. The maximum Gasteiger partial charge on any atom is 0.0685 e. The van der Waals surface area contributed by atoms with Gasteiger partial charge in [-0.3, -0.25) is 0 Å². The summed E-state index contributed by atoms with van der Waals surface area (Å²) in [6.45, 7) is 12.7. The molecule has 23 heavy (non-hydrogen) atoms. The Bertz CT molecular complexity index is 636. The zero-order valence-corrected chi connectivity index (χ0v) is 17.1. The Morgan fingerprint density at radius 1 is 0.652 bits per heavy atom. The third-order valence-corrected chi connectivity index (χ3v) is 5.70. The van der Waals surface area contributed by atoms with E-state index in [4.69, 9.17) is 10.2 Å². The van der Waals surface area contributed by atoms with Gasteiger partial charge in [0.2, 0.25) is 0 Å². The van der Waals surface area contributed by atoms with E-state index in [-0.39, 0.29) is 13.2 Å². The molecule has 0 atom stereocenters. The summed E-state index contributed by atoms with van der Waals surface area (Å²) in [4.78, 5) is 0. The van der Waals surface area contributed by atoms with Crippen molar-refractivity contribution in [3.63, 3.8) is 0 Å². The van der Waals surface area contributed by atoms with E-state index < -0.39 is 0 Å². The fourth-order valence-corrected chi connectivity index (χ4v) is 3.26. The van der Waals surface area contributed by atoms with Crippen molar-refractivity contribution in [2.24, 2.45) is 0 Å². The standard InChI is InChI=1S/C10H13I.C10H14O2/c1-6-5-10(11)9(4)8(3)7(6)2;1-7-3-9(5-11)10(6-12)4-8(7)2/h5H,1-4H3;3-4,11-12H,5-6H2,1-2H3. The lowest BCUT2D eigenvalue weighted by molar-refractivity contribution is 0.260. The third-order valence-electron chi connectivity index (χ3n) is 4.57. The monoisotopic (exact) mass is 426 g/mol. The molecule has 3 heteroatoms. The van der Waals surface area contributed by atoms with Gasteiger partial charge in [0, 0.05) is 3.57 Å². The van der Waals surface area contributed by atoms with Crippen LogP contribution in [0.25, 0.3) is 0 Å². The first-order valence-electron chi connectivity index (χ1n) is 7.76. The van der Waals surface area contributed by atoms with Gasteiger partial charge in [-0.15, -0.1) is 0 Å². The number of halogens is 1. The van der Waals surface area contributed by atoms with Crippen molar-refractivity contribution < 1.29 is 10.2 Å². The second kappa shape index (κ2) is 8.81. The summed E-state index contributed by atoms with van der Waals surface area (Å²) in [6, 6.07) is 6.08. The van der Waals surface area contributed by atoms with E-state index in [9.17, 15) is 0 Å². The van der Waals surface area contributed by atoms with Crippen LogP contribution < -0.4 is 0 Å². The van der Waals surface area contributed by atoms with Crippen molar-refractivity contribution in [1.82, 2.24) is 0 Å². The molecule has 0 spiro atoms. The van der Waals surface area contributed by atoms with Crippen molar-refractivity contribution in [1.29, 1.82) is 0 Å². The summed E-state index contributed by atoms with van der Waals surface area (Å²) in [7, 11) is 0. The molecule has 0 fully saturated rings. The van der Waals surface area contributed by atoms with Gasteiger partial charge in [-0.05, 0) is 115 Å². The van der Waals surface area contributed by atoms with Gasteiger partial charge in [0.15, 0.2) is 0 Å². The van der Waals surface area contributed by atoms with Crippen LogP contribution in [0.2, 0.25) is 0 Å². The van der Waals surface area contributed by atoms with E-state index in [1.165, 1.54) is 25.8 Å². The van der Waals surface area contributed by atoms with Gasteiger partial charge in [-0.1, -0.05) is 12.1 Å². The smallest absolute Gasteiger partial charge is 0.0685 e. The second-order valence-corrected chi connectivity index (χ2v) is 7.23. The molecule has 0 aliphatic carbocycles. The van der Waals surface area contributed by atoms with Crippen molar-refractivity contribution in [2.75, 3.05) is 0 Å². The quantitative estimate of drug-likeness (QED) is 0.677. The molecule has 0 aromatic heterocycles. The molecule has 0 unspecified atom stereocenters. The minimum atomic E-state index is -0.00296. The SMILES string of the molecule is Cc1cc(CO)c(CO)cc1C.Cc1cc(I)c(C)c(C)c1C. The molecule has 2 N–H and O–H groups in total. The lowest BCUT2D eigenvalue weighted by Gasteiger charge is -2.09. The van der Waals surface area contributed by atoms with Crippen LogP contribution in [-0.4, -0.2) is 10.2 Å². The van der Waals surface area contributed by atoms with E-state index in [2.05, 4.69) is 56.4 Å². The van der Waals surface area contributed by atoms with Gasteiger partial charge in [0.1, 0.15) is 0 Å². The van der Waals surface area contributed by atoms with Gasteiger partial charge in [0.05, 0.1) is 13.2 Å². The molecule has 2 aromatic carbocycles. The van der Waals surface area contributed by atoms with Crippen LogP contribution in [0.4, 0.5) is 0 Å². The first-order valence-corrected chi connectivity index (χ1v) is 8.84. The summed E-state index contributed by atoms with van der Waals surface area (Å²) >= 11 is 2.39. The highest BCUT2D eigenvalue weighted by Gasteiger charge is 2.04. The summed E-state index contributed by atoms with van der Waals surface area (Å²) < 4.78 is 1.38. The highest BCUT2D eigenvalue weighted by molar-refractivity contribution is 14.1. The van der Waals surface area contributed by atoms with Crippen LogP contribution in [0, 0.1) is 45.1 Å². The van der Waals surface area contributed by atoms with Gasteiger partial charge in [-0.2, -0.15) is 0 Å². The van der Waals surface area contributed by atoms with E-state index in [1.807, 2.05) is 26.0 Å². The number of hydrogen-bond acceptors (Lipinski definition) is 2. The summed E-state index contributed by atoms with van der Waals surface area (Å²) in [5.41, 5.74) is 9.64. The first kappa shape index (κ1) is 20.1. The largest absolute Gasteiger partial charge is 0.392 e. The van der Waals surface area contributed by atoms with E-state index in [0.29, 0.717) is 0 Å². The molecule has 0 radical (unpaired) electrons. The molecule has 0 saturated heterocycles. The summed E-state index contributed by atoms with van der Waals surface area (Å²) in [5.74, 6) is 0. The highest BCUT2D eigenvalue weighted by Crippen LogP contribution is 2.22. The molecule has 0 aliphatic heterocycles. The topological polar surface area (TPSA) is 40.5 Å². The average Bonchev–Trinajstić information content (AvgIpc) is 2.53. The Labute approximate surface area is 153 Å². The van der Waals surface area contributed by atoms with Gasteiger partial charge in [0.25, 0.3) is 0 Å². The normalized spacial score (nSPS) is 10.3. The first-order chi connectivity index (χ1) is 10.7. The Morgan fingerprint density at radius 2 is 1.09 bits per heavy atom. The van der Waals surface area contributed by atoms with Crippen LogP contribution in [0.5, 0.6) is 0 Å². The number of aliphatic hydroxyl groups excluding tert-OH is 2. The lowest BCUT2D eigenvalue weighted by atomic mass is 10.0. The van der Waals surface area contributed by atoms with Gasteiger partial charge < -0.3 is 10.2 Å². The predicted octanol–water partition coefficient (Wildman–Crippen LogP) is 4.81. The van der Waals surface area contributed by atoms with Crippen LogP contribution >= 0.6 is 22.6 Å². The molecule has 0 amide bonds. The maximum atomic E-state index is 8.95. The van der Waals surface area contributed by atoms with Crippen molar-refractivity contribution in [2.45, 2.75) is 54.8 Å². The Hall–Kier alpha value is -0.910. The van der Waals surface area contributed by atoms with Crippen molar-refractivity contribution in [3.05, 3.63) is 66.3 Å². The average molecular weight is 426 g/mol. The Balaban J connectivity index is 0.000000231. The van der Waals surface area contributed by atoms with Crippen molar-refractivity contribution >= 4 is 22.6 Å². The van der Waals surface area contributed by atoms with Gasteiger partial charge >= 0.3 is 0 Å². The fourth-order valence-electron chi connectivity index (χ4n) is 2.39. The van der Waals surface area contributed by atoms with Crippen LogP contribution in [0.15, 0.2) is 18.2 Å². The number of hydrogen-bond donors (Lipinski definition) is 2. The number of aliphatic hydroxyl groups is 2. The van der Waals surface area contributed by atoms with Crippen LogP contribution in [0.3, 0.4) is 0 Å². The predicted molar refractivity (Wildman–Crippen MR) is 106 cm³/mol. The van der Waals surface area contributed by atoms with Crippen molar-refractivity contribution in [3.8, 4) is 0 Å². The minimum absolute atomic E-state index is 0.00296. The Kier molecular flexibility index (Phi) is 7.71. The van der Waals surface area contributed by atoms with Crippen LogP contribution in [-0.2, 0) is 13.2 Å². The minimum Gasteiger partial charge on any atom is -0.392 e. The number of aryl methyl sites for hydroxylation is 3. The molecule has 0 saturated carbocycles. The zero-order chi connectivity index (χ0) is 17.7. The molecule has 2 nitrogen and oxygen atoms in total. The maximum absolute atomic E-state index is 8.95. The number of rotatable bonds is 2. The number of benzene rings is 2. The molecule has 2 aromatic rings. The van der Waals surface area contributed by atoms with E-state index >= 15 is 0 Å². The molecule has 0 bridgehead atoms. The Morgan fingerprint density at radius 3 is 1.48 bits per heavy atom. The molecule has 0 aliphatic rings. The van der Waals surface area contributed by atoms with Crippen LogP contribution in [0.1, 0.15) is 44.5 Å². The lowest BCUT2D eigenvalue weighted by Crippen LogP contribution is -1.96. The molecule has 2 rings (SSSR count). The van der Waals surface area contributed by atoms with E-state index in [1.54, 1.807) is 0 Å². The fraction of sp³-hybridized carbons (Fsp3) is 0.400. The molecular weight excluding hydrogens is 399 g/mol. The third kappa shape index (κ3) is 5.03. The highest BCUT2D eigenvalue weighted by atomic mass is 127. The summed E-state index contributed by atoms with van der Waals surface area (Å²) in [5, 5.41) is 17.9. The van der Waals surface area contributed by atoms with Gasteiger partial charge in [-0.25, -0.2) is 0 Å². The van der Waals surface area contributed by atoms with E-state index in [0.717, 1.165) is 22.3 Å². The second-order valence-electron chi connectivity index (χ2n) is 6.07. The zero-order valence-electron chi connectivity index (χ0n) is 14.9. The molecular formula is C20H27IO2. The molecule has 126 valence electrons. The summed E-state index contributed by atoms with van der Waals surface area (Å²) in [6.07, 6.45) is 0.